The summed E-state index contributed by atoms with van der Waals surface area (Å²) in [5.74, 6) is -1.55. The third kappa shape index (κ3) is 12.3. The largest absolute Gasteiger partial charge is 0.391 e. The molecule has 53 heavy (non-hydrogen) atoms. The summed E-state index contributed by atoms with van der Waals surface area (Å²) < 4.78 is 0. The van der Waals surface area contributed by atoms with Crippen LogP contribution in [0.1, 0.15) is 88.1 Å². The number of likely N-dealkylation sites (tertiary alicyclic amines) is 1. The number of aryl methyl sites for hydroxylation is 3. The molecule has 0 unspecified atom stereocenters. The van der Waals surface area contributed by atoms with Crippen molar-refractivity contribution in [3.05, 3.63) is 76.4 Å². The molecule has 0 radical (unpaired) electrons. The molecule has 12 nitrogen and oxygen atoms in total. The molecule has 7 N–H and O–H groups in total. The lowest BCUT2D eigenvalue weighted by Crippen LogP contribution is -2.57. The molecular formula is C40H54N6O6S. The maximum Gasteiger partial charge on any atom is 0.246 e. The van der Waals surface area contributed by atoms with Crippen molar-refractivity contribution < 1.29 is 29.1 Å². The Hall–Kier alpha value is -4.46. The number of aliphatic hydroxyl groups excluding tert-OH is 1. The van der Waals surface area contributed by atoms with Gasteiger partial charge in [0.15, 0.2) is 0 Å². The van der Waals surface area contributed by atoms with Crippen LogP contribution in [0.3, 0.4) is 0 Å². The molecule has 3 aromatic rings. The first-order valence-electron chi connectivity index (χ1n) is 18.3. The molecule has 2 heterocycles. The number of primary amides is 1. The van der Waals surface area contributed by atoms with Gasteiger partial charge in [0.25, 0.3) is 0 Å². The molecule has 0 bridgehead atoms. The number of unbranched alkanes of at least 4 members (excludes halogenated alkanes) is 1. The van der Waals surface area contributed by atoms with Crippen molar-refractivity contribution >= 4 is 40.7 Å². The summed E-state index contributed by atoms with van der Waals surface area (Å²) in [6, 6.07) is 13.5. The molecule has 1 aliphatic rings. The average molecular weight is 747 g/mol. The van der Waals surface area contributed by atoms with Gasteiger partial charge in [0, 0.05) is 38.8 Å². The standard InChI is InChI=1S/C40H54N6O6S/c1-25-36(53-24-44-25)29-16-13-28(14-17-29)22-43-38(51)32-21-30(47)23-46(32)39(52)37(40(2,3)4)45-35(50)8-6-5-7-26-9-11-27(12-10-26)15-19-33(48)31(41)18-20-34(42)49/h9-14,16-17,24,30-32,37,47H,5-8,15,18-23,41H2,1-4H3,(H2,42,49)(H,43,51)(H,45,50)/t30-,31+,32+,37-/m1/s1. The molecule has 286 valence electrons. The maximum absolute atomic E-state index is 13.9. The SMILES string of the molecule is Cc1ncsc1-c1ccc(CNC(=O)[C@@H]2C[C@@H](O)CN2C(=O)[C@@H](NC(=O)CCCCc2ccc(CCC(=O)[C@@H](N)CCC(N)=O)cc2)C(C)(C)C)cc1. The summed E-state index contributed by atoms with van der Waals surface area (Å²) in [5, 5.41) is 16.4. The third-order valence-electron chi connectivity index (χ3n) is 9.63. The Bertz CT molecular complexity index is 1720. The van der Waals surface area contributed by atoms with Gasteiger partial charge in [0.1, 0.15) is 17.9 Å². The number of ketones is 1. The Kier molecular flexibility index (Phi) is 14.8. The van der Waals surface area contributed by atoms with Crippen LogP contribution >= 0.6 is 11.3 Å². The van der Waals surface area contributed by atoms with E-state index in [2.05, 4.69) is 15.6 Å². The van der Waals surface area contributed by atoms with Gasteiger partial charge in [-0.05, 0) is 66.7 Å². The fourth-order valence-corrected chi connectivity index (χ4v) is 7.22. The second kappa shape index (κ2) is 19.0. The molecule has 1 saturated heterocycles. The first-order chi connectivity index (χ1) is 25.1. The fraction of sp³-hybridized carbons (Fsp3) is 0.500. The zero-order valence-electron chi connectivity index (χ0n) is 31.2. The van der Waals surface area contributed by atoms with E-state index in [9.17, 15) is 29.1 Å². The molecule has 2 aromatic carbocycles. The number of benzene rings is 2. The predicted octanol–water partition coefficient (Wildman–Crippen LogP) is 3.73. The zero-order valence-corrected chi connectivity index (χ0v) is 32.0. The van der Waals surface area contributed by atoms with Gasteiger partial charge in [-0.15, -0.1) is 11.3 Å². The summed E-state index contributed by atoms with van der Waals surface area (Å²) in [5.41, 5.74) is 17.2. The van der Waals surface area contributed by atoms with E-state index in [1.807, 2.05) is 81.7 Å². The van der Waals surface area contributed by atoms with Gasteiger partial charge in [-0.2, -0.15) is 0 Å². The molecule has 0 spiro atoms. The third-order valence-corrected chi connectivity index (χ3v) is 10.6. The van der Waals surface area contributed by atoms with Gasteiger partial charge >= 0.3 is 0 Å². The highest BCUT2D eigenvalue weighted by Crippen LogP contribution is 2.28. The molecule has 0 aliphatic carbocycles. The number of nitrogens with zero attached hydrogens (tertiary/aromatic N) is 2. The summed E-state index contributed by atoms with van der Waals surface area (Å²) in [4.78, 5) is 70.4. The molecular weight excluding hydrogens is 693 g/mol. The van der Waals surface area contributed by atoms with Crippen molar-refractivity contribution in [3.8, 4) is 10.4 Å². The number of hydrogen-bond donors (Lipinski definition) is 5. The average Bonchev–Trinajstić information content (AvgIpc) is 3.74. The maximum atomic E-state index is 13.9. The van der Waals surface area contributed by atoms with Crippen molar-refractivity contribution in [2.24, 2.45) is 16.9 Å². The number of amides is 4. The van der Waals surface area contributed by atoms with Crippen LogP contribution in [-0.2, 0) is 43.4 Å². The smallest absolute Gasteiger partial charge is 0.246 e. The van der Waals surface area contributed by atoms with Gasteiger partial charge in [-0.25, -0.2) is 4.98 Å². The van der Waals surface area contributed by atoms with E-state index < -0.39 is 35.6 Å². The lowest BCUT2D eigenvalue weighted by molar-refractivity contribution is -0.144. The highest BCUT2D eigenvalue weighted by Gasteiger charge is 2.44. The molecule has 4 amide bonds. The van der Waals surface area contributed by atoms with E-state index >= 15 is 0 Å². The van der Waals surface area contributed by atoms with Crippen LogP contribution < -0.4 is 22.1 Å². The summed E-state index contributed by atoms with van der Waals surface area (Å²) in [7, 11) is 0. The van der Waals surface area contributed by atoms with Crippen LogP contribution in [0.25, 0.3) is 10.4 Å². The van der Waals surface area contributed by atoms with Gasteiger partial charge < -0.3 is 32.1 Å². The topological polar surface area (TPSA) is 198 Å². The van der Waals surface area contributed by atoms with Gasteiger partial charge in [-0.3, -0.25) is 24.0 Å². The number of nitrogens with one attached hydrogen (secondary N) is 2. The van der Waals surface area contributed by atoms with Crippen molar-refractivity contribution in [2.45, 2.75) is 116 Å². The van der Waals surface area contributed by atoms with Crippen LogP contribution in [0.5, 0.6) is 0 Å². The Labute approximate surface area is 316 Å². The lowest BCUT2D eigenvalue weighted by Gasteiger charge is -2.35. The first-order valence-corrected chi connectivity index (χ1v) is 19.2. The van der Waals surface area contributed by atoms with Crippen LogP contribution in [0.4, 0.5) is 0 Å². The molecule has 13 heteroatoms. The Morgan fingerprint density at radius 2 is 1.58 bits per heavy atom. The number of aromatic nitrogens is 1. The number of aliphatic hydroxyl groups is 1. The first kappa shape index (κ1) is 41.3. The van der Waals surface area contributed by atoms with E-state index in [0.717, 1.165) is 45.7 Å². The monoisotopic (exact) mass is 746 g/mol. The van der Waals surface area contributed by atoms with Crippen LogP contribution in [-0.4, -0.2) is 75.2 Å². The number of nitrogens with two attached hydrogens (primary N) is 2. The minimum Gasteiger partial charge on any atom is -0.391 e. The summed E-state index contributed by atoms with van der Waals surface area (Å²) in [6.07, 6.45) is 2.87. The normalized spacial score (nSPS) is 16.9. The molecule has 1 aliphatic heterocycles. The second-order valence-corrected chi connectivity index (χ2v) is 15.9. The number of hydrogen-bond acceptors (Lipinski definition) is 9. The van der Waals surface area contributed by atoms with E-state index in [1.165, 1.54) is 4.90 Å². The number of carbonyl (C=O) groups excluding carboxylic acids is 5. The highest BCUT2D eigenvalue weighted by atomic mass is 32.1. The van der Waals surface area contributed by atoms with Crippen molar-refractivity contribution in [1.82, 2.24) is 20.5 Å². The number of Topliss-reactive ketones (excluding diaryl/α,β-unsaturated/α-hetero) is 1. The molecule has 0 saturated carbocycles. The van der Waals surface area contributed by atoms with E-state index in [4.69, 9.17) is 11.5 Å². The van der Waals surface area contributed by atoms with Gasteiger partial charge in [-0.1, -0.05) is 69.3 Å². The van der Waals surface area contributed by atoms with E-state index in [1.54, 1.807) is 11.3 Å². The fourth-order valence-electron chi connectivity index (χ4n) is 6.41. The Morgan fingerprint density at radius 3 is 2.19 bits per heavy atom. The van der Waals surface area contributed by atoms with Gasteiger partial charge in [0.05, 0.1) is 28.2 Å². The van der Waals surface area contributed by atoms with Crippen LogP contribution in [0.15, 0.2) is 54.0 Å². The Balaban J connectivity index is 1.23. The number of β-amino-alcohol motifs (C(OH)–C–C–N with tert-alkyl or cyclic N) is 1. The predicted molar refractivity (Wildman–Crippen MR) is 205 cm³/mol. The molecule has 1 fully saturated rings. The number of rotatable bonds is 18. The second-order valence-electron chi connectivity index (χ2n) is 15.0. The van der Waals surface area contributed by atoms with Crippen LogP contribution in [0.2, 0.25) is 0 Å². The molecule has 1 aromatic heterocycles. The molecule has 4 atom stereocenters. The lowest BCUT2D eigenvalue weighted by atomic mass is 9.85. The molecule has 4 rings (SSSR count). The summed E-state index contributed by atoms with van der Waals surface area (Å²) >= 11 is 1.58. The minimum absolute atomic E-state index is 0.0157. The van der Waals surface area contributed by atoms with E-state index in [-0.39, 0.29) is 62.3 Å². The zero-order chi connectivity index (χ0) is 38.7. The minimum atomic E-state index is -0.879. The number of carbonyl (C=O) groups is 5. The Morgan fingerprint density at radius 1 is 0.943 bits per heavy atom. The summed E-state index contributed by atoms with van der Waals surface area (Å²) in [6.45, 7) is 7.86. The van der Waals surface area contributed by atoms with Crippen molar-refractivity contribution in [3.63, 3.8) is 0 Å². The van der Waals surface area contributed by atoms with Crippen molar-refractivity contribution in [1.29, 1.82) is 0 Å². The quantitative estimate of drug-likeness (QED) is 0.121. The van der Waals surface area contributed by atoms with Crippen molar-refractivity contribution in [2.75, 3.05) is 6.54 Å². The van der Waals surface area contributed by atoms with Gasteiger partial charge in [0.2, 0.25) is 23.6 Å². The van der Waals surface area contributed by atoms with E-state index in [0.29, 0.717) is 19.3 Å². The highest BCUT2D eigenvalue weighted by molar-refractivity contribution is 7.13. The number of thiazole rings is 1. The van der Waals surface area contributed by atoms with Crippen LogP contribution in [0, 0.1) is 12.3 Å².